The van der Waals surface area contributed by atoms with E-state index in [1.54, 1.807) is 24.3 Å². The van der Waals surface area contributed by atoms with Crippen LogP contribution in [0.2, 0.25) is 0 Å². The molecule has 0 amide bonds. The SMILES string of the molecule is NCC1(C2(O)CCS(=O)(=O)c3ccccc32)CCOCC1. The van der Waals surface area contributed by atoms with Crippen molar-refractivity contribution < 1.29 is 18.3 Å². The van der Waals surface area contributed by atoms with Crippen LogP contribution in [0.5, 0.6) is 0 Å². The molecule has 0 bridgehead atoms. The highest BCUT2D eigenvalue weighted by Crippen LogP contribution is 2.52. The molecule has 1 fully saturated rings. The smallest absolute Gasteiger partial charge is 0.178 e. The third kappa shape index (κ3) is 2.12. The van der Waals surface area contributed by atoms with Gasteiger partial charge >= 0.3 is 0 Å². The Kier molecular flexibility index (Phi) is 3.60. The lowest BCUT2D eigenvalue weighted by Gasteiger charge is -2.51. The van der Waals surface area contributed by atoms with Crippen molar-refractivity contribution in [2.75, 3.05) is 25.5 Å². The monoisotopic (exact) mass is 311 g/mol. The molecule has 1 aromatic carbocycles. The highest BCUT2D eigenvalue weighted by molar-refractivity contribution is 7.91. The first-order chi connectivity index (χ1) is 9.95. The Morgan fingerprint density at radius 3 is 2.52 bits per heavy atom. The summed E-state index contributed by atoms with van der Waals surface area (Å²) in [6.07, 6.45) is 1.49. The topological polar surface area (TPSA) is 89.6 Å². The van der Waals surface area contributed by atoms with E-state index in [4.69, 9.17) is 10.5 Å². The second-order valence-corrected chi connectivity index (χ2v) is 8.10. The molecule has 1 aromatic rings. The standard InChI is InChI=1S/C15H21NO4S/c16-11-14(5-8-20-9-6-14)15(17)7-10-21(18,19)13-4-2-1-3-12(13)15/h1-4,17H,5-11,16H2. The lowest BCUT2D eigenvalue weighted by Crippen LogP contribution is -2.55. The largest absolute Gasteiger partial charge is 0.384 e. The summed E-state index contributed by atoms with van der Waals surface area (Å²) in [4.78, 5) is 0.248. The zero-order valence-corrected chi connectivity index (χ0v) is 12.7. The normalized spacial score (nSPS) is 30.6. The van der Waals surface area contributed by atoms with Gasteiger partial charge < -0.3 is 15.6 Å². The van der Waals surface area contributed by atoms with E-state index in [1.807, 2.05) is 0 Å². The predicted molar refractivity (Wildman–Crippen MR) is 78.5 cm³/mol. The van der Waals surface area contributed by atoms with Crippen molar-refractivity contribution in [2.45, 2.75) is 29.8 Å². The Balaban J connectivity index is 2.17. The van der Waals surface area contributed by atoms with Gasteiger partial charge in [-0.1, -0.05) is 18.2 Å². The second-order valence-electron chi connectivity index (χ2n) is 6.02. The molecule has 21 heavy (non-hydrogen) atoms. The van der Waals surface area contributed by atoms with Gasteiger partial charge in [0.25, 0.3) is 0 Å². The molecule has 116 valence electrons. The molecule has 0 spiro atoms. The quantitative estimate of drug-likeness (QED) is 0.843. The maximum Gasteiger partial charge on any atom is 0.178 e. The van der Waals surface area contributed by atoms with Crippen molar-refractivity contribution >= 4 is 9.84 Å². The van der Waals surface area contributed by atoms with Crippen LogP contribution >= 0.6 is 0 Å². The number of ether oxygens (including phenoxy) is 1. The molecule has 6 heteroatoms. The van der Waals surface area contributed by atoms with Gasteiger partial charge in [-0.2, -0.15) is 0 Å². The van der Waals surface area contributed by atoms with E-state index >= 15 is 0 Å². The summed E-state index contributed by atoms with van der Waals surface area (Å²) in [6.45, 7) is 1.42. The number of nitrogens with two attached hydrogens (primary N) is 1. The first-order valence-corrected chi connectivity index (χ1v) is 8.93. The number of sulfone groups is 1. The van der Waals surface area contributed by atoms with Crippen LogP contribution in [0.1, 0.15) is 24.8 Å². The van der Waals surface area contributed by atoms with Crippen molar-refractivity contribution in [2.24, 2.45) is 11.1 Å². The molecule has 5 nitrogen and oxygen atoms in total. The first-order valence-electron chi connectivity index (χ1n) is 7.28. The van der Waals surface area contributed by atoms with Gasteiger partial charge in [0.2, 0.25) is 0 Å². The van der Waals surface area contributed by atoms with E-state index < -0.39 is 20.9 Å². The molecule has 0 saturated carbocycles. The first kappa shape index (κ1) is 15.0. The van der Waals surface area contributed by atoms with Crippen molar-refractivity contribution in [3.63, 3.8) is 0 Å². The van der Waals surface area contributed by atoms with Gasteiger partial charge in [0.15, 0.2) is 9.84 Å². The van der Waals surface area contributed by atoms with Crippen molar-refractivity contribution in [1.29, 1.82) is 0 Å². The molecule has 3 rings (SSSR count). The van der Waals surface area contributed by atoms with E-state index in [0.29, 0.717) is 38.2 Å². The van der Waals surface area contributed by atoms with Gasteiger partial charge in [-0.25, -0.2) is 8.42 Å². The van der Waals surface area contributed by atoms with Crippen LogP contribution < -0.4 is 5.73 Å². The Hall–Kier alpha value is -0.950. The Bertz CT molecular complexity index is 637. The summed E-state index contributed by atoms with van der Waals surface area (Å²) < 4.78 is 29.9. The van der Waals surface area contributed by atoms with E-state index in [9.17, 15) is 13.5 Å². The Morgan fingerprint density at radius 1 is 1.19 bits per heavy atom. The van der Waals surface area contributed by atoms with Crippen molar-refractivity contribution in [3.8, 4) is 0 Å². The minimum Gasteiger partial charge on any atom is -0.384 e. The van der Waals surface area contributed by atoms with Crippen LogP contribution in [0.3, 0.4) is 0 Å². The molecule has 3 N–H and O–H groups in total. The molecule has 0 radical (unpaired) electrons. The summed E-state index contributed by atoms with van der Waals surface area (Å²) >= 11 is 0. The van der Waals surface area contributed by atoms with Gasteiger partial charge in [0, 0.05) is 30.7 Å². The van der Waals surface area contributed by atoms with Gasteiger partial charge in [-0.15, -0.1) is 0 Å². The molecule has 1 saturated heterocycles. The molecule has 0 aliphatic carbocycles. The molecule has 1 atom stereocenters. The van der Waals surface area contributed by atoms with Crippen LogP contribution in [0.4, 0.5) is 0 Å². The number of aliphatic hydroxyl groups is 1. The molecular formula is C15H21NO4S. The van der Waals surface area contributed by atoms with E-state index in [0.717, 1.165) is 0 Å². The lowest BCUT2D eigenvalue weighted by atomic mass is 9.62. The summed E-state index contributed by atoms with van der Waals surface area (Å²) in [5.41, 5.74) is 4.80. The third-order valence-electron chi connectivity index (χ3n) is 5.12. The molecule has 0 aromatic heterocycles. The molecule has 2 aliphatic heterocycles. The summed E-state index contributed by atoms with van der Waals surface area (Å²) in [7, 11) is -3.32. The van der Waals surface area contributed by atoms with Crippen LogP contribution in [0.25, 0.3) is 0 Å². The van der Waals surface area contributed by atoms with E-state index in [2.05, 4.69) is 0 Å². The average Bonchev–Trinajstić information content (AvgIpc) is 2.52. The Labute approximate surface area is 125 Å². The predicted octanol–water partition coefficient (Wildman–Crippen LogP) is 0.807. The zero-order chi connectivity index (χ0) is 15.1. The fraction of sp³-hybridized carbons (Fsp3) is 0.600. The van der Waals surface area contributed by atoms with Crippen LogP contribution in [-0.4, -0.2) is 39.0 Å². The fourth-order valence-electron chi connectivity index (χ4n) is 3.71. The molecule has 2 aliphatic rings. The average molecular weight is 311 g/mol. The molecule has 2 heterocycles. The minimum atomic E-state index is -3.32. The number of hydrogen-bond donors (Lipinski definition) is 2. The van der Waals surface area contributed by atoms with Crippen LogP contribution in [-0.2, 0) is 20.2 Å². The molecular weight excluding hydrogens is 290 g/mol. The van der Waals surface area contributed by atoms with Crippen LogP contribution in [0, 0.1) is 5.41 Å². The number of hydrogen-bond acceptors (Lipinski definition) is 5. The van der Waals surface area contributed by atoms with E-state index in [1.165, 1.54) is 0 Å². The number of fused-ring (bicyclic) bond motifs is 1. The second kappa shape index (κ2) is 5.05. The van der Waals surface area contributed by atoms with E-state index in [-0.39, 0.29) is 17.1 Å². The van der Waals surface area contributed by atoms with Gasteiger partial charge in [-0.3, -0.25) is 0 Å². The summed E-state index contributed by atoms with van der Waals surface area (Å²) in [5, 5.41) is 11.4. The Morgan fingerprint density at radius 2 is 1.86 bits per heavy atom. The maximum atomic E-state index is 12.3. The van der Waals surface area contributed by atoms with Gasteiger partial charge in [-0.05, 0) is 25.3 Å². The molecule has 1 unspecified atom stereocenters. The highest BCUT2D eigenvalue weighted by Gasteiger charge is 2.54. The third-order valence-corrected chi connectivity index (χ3v) is 6.89. The van der Waals surface area contributed by atoms with Crippen LogP contribution in [0.15, 0.2) is 29.2 Å². The zero-order valence-electron chi connectivity index (χ0n) is 11.9. The number of rotatable bonds is 2. The number of benzene rings is 1. The van der Waals surface area contributed by atoms with Crippen molar-refractivity contribution in [1.82, 2.24) is 0 Å². The van der Waals surface area contributed by atoms with Gasteiger partial charge in [0.1, 0.15) is 0 Å². The summed E-state index contributed by atoms with van der Waals surface area (Å²) in [5.74, 6) is -0.0386. The fourth-order valence-corrected chi connectivity index (χ4v) is 5.35. The lowest BCUT2D eigenvalue weighted by molar-refractivity contribution is -0.139. The minimum absolute atomic E-state index is 0.0386. The summed E-state index contributed by atoms with van der Waals surface area (Å²) in [6, 6.07) is 6.77. The van der Waals surface area contributed by atoms with Crippen molar-refractivity contribution in [3.05, 3.63) is 29.8 Å². The van der Waals surface area contributed by atoms with Gasteiger partial charge in [0.05, 0.1) is 16.2 Å². The maximum absolute atomic E-state index is 12.3. The highest BCUT2D eigenvalue weighted by atomic mass is 32.2.